The van der Waals surface area contributed by atoms with Gasteiger partial charge in [-0.3, -0.25) is 0 Å². The van der Waals surface area contributed by atoms with Crippen molar-refractivity contribution in [3.05, 3.63) is 29.8 Å². The fourth-order valence-corrected chi connectivity index (χ4v) is 2.16. The van der Waals surface area contributed by atoms with E-state index in [1.165, 1.54) is 12.1 Å². The molecule has 0 bridgehead atoms. The van der Waals surface area contributed by atoms with Gasteiger partial charge in [0.05, 0.1) is 11.0 Å². The Morgan fingerprint density at radius 2 is 2.06 bits per heavy atom. The van der Waals surface area contributed by atoms with Gasteiger partial charge in [0, 0.05) is 24.1 Å². The zero-order chi connectivity index (χ0) is 13.5. The van der Waals surface area contributed by atoms with Crippen molar-refractivity contribution in [2.24, 2.45) is 5.73 Å². The predicted octanol–water partition coefficient (Wildman–Crippen LogP) is 2.99. The number of nitrogens with zero attached hydrogens (tertiary/aromatic N) is 2. The van der Waals surface area contributed by atoms with E-state index >= 15 is 0 Å². The second kappa shape index (κ2) is 4.35. The first-order valence-electron chi connectivity index (χ1n) is 6.25. The maximum Gasteiger partial charge on any atom is 0.125 e. The van der Waals surface area contributed by atoms with Crippen molar-refractivity contribution in [2.75, 3.05) is 6.54 Å². The highest BCUT2D eigenvalue weighted by atomic mass is 19.1. The van der Waals surface area contributed by atoms with Crippen LogP contribution in [-0.2, 0) is 5.41 Å². The molecule has 0 aliphatic carbocycles. The van der Waals surface area contributed by atoms with Crippen LogP contribution in [0.3, 0.4) is 0 Å². The lowest BCUT2D eigenvalue weighted by Crippen LogP contribution is -2.32. The van der Waals surface area contributed by atoms with Gasteiger partial charge in [-0.15, -0.1) is 0 Å². The molecule has 0 saturated heterocycles. The van der Waals surface area contributed by atoms with Gasteiger partial charge >= 0.3 is 0 Å². The minimum atomic E-state index is -0.256. The van der Waals surface area contributed by atoms with Crippen molar-refractivity contribution in [3.63, 3.8) is 0 Å². The van der Waals surface area contributed by atoms with Crippen LogP contribution in [0.4, 0.5) is 4.39 Å². The first-order valence-corrected chi connectivity index (χ1v) is 6.25. The van der Waals surface area contributed by atoms with Crippen LogP contribution in [-0.4, -0.2) is 16.1 Å². The summed E-state index contributed by atoms with van der Waals surface area (Å²) in [6.45, 7) is 8.82. The van der Waals surface area contributed by atoms with Crippen LogP contribution in [0.2, 0.25) is 0 Å². The van der Waals surface area contributed by atoms with Crippen LogP contribution in [0.1, 0.15) is 39.6 Å². The standard InChI is InChI=1S/C14H20FN3/c1-9(2)18-12-6-5-10(15)7-11(12)17-13(18)14(3,4)8-16/h5-7,9H,8,16H2,1-4H3. The number of hydrogen-bond donors (Lipinski definition) is 1. The summed E-state index contributed by atoms with van der Waals surface area (Å²) in [6, 6.07) is 5.00. The summed E-state index contributed by atoms with van der Waals surface area (Å²) in [5.41, 5.74) is 7.26. The zero-order valence-corrected chi connectivity index (χ0v) is 11.4. The molecular formula is C14H20FN3. The lowest BCUT2D eigenvalue weighted by Gasteiger charge is -2.25. The van der Waals surface area contributed by atoms with Crippen molar-refractivity contribution in [3.8, 4) is 0 Å². The third kappa shape index (κ3) is 2.01. The zero-order valence-electron chi connectivity index (χ0n) is 11.4. The average Bonchev–Trinajstić information content (AvgIpc) is 2.68. The Morgan fingerprint density at radius 3 is 2.61 bits per heavy atom. The van der Waals surface area contributed by atoms with E-state index in [0.717, 1.165) is 11.3 Å². The van der Waals surface area contributed by atoms with Gasteiger partial charge in [0.25, 0.3) is 0 Å². The third-order valence-electron chi connectivity index (χ3n) is 3.28. The molecule has 3 nitrogen and oxygen atoms in total. The molecule has 0 aliphatic heterocycles. The van der Waals surface area contributed by atoms with Gasteiger partial charge in [-0.25, -0.2) is 9.37 Å². The van der Waals surface area contributed by atoms with Crippen LogP contribution < -0.4 is 5.73 Å². The maximum absolute atomic E-state index is 13.3. The molecule has 1 aromatic heterocycles. The van der Waals surface area contributed by atoms with Gasteiger partial charge in [-0.1, -0.05) is 13.8 Å². The average molecular weight is 249 g/mol. The normalized spacial score (nSPS) is 12.6. The first kappa shape index (κ1) is 13.0. The molecule has 0 saturated carbocycles. The number of hydrogen-bond acceptors (Lipinski definition) is 2. The summed E-state index contributed by atoms with van der Waals surface area (Å²) in [7, 11) is 0. The van der Waals surface area contributed by atoms with Crippen molar-refractivity contribution in [2.45, 2.75) is 39.2 Å². The second-order valence-corrected chi connectivity index (χ2v) is 5.62. The monoisotopic (exact) mass is 249 g/mol. The maximum atomic E-state index is 13.3. The molecule has 0 amide bonds. The minimum Gasteiger partial charge on any atom is -0.329 e. The lowest BCUT2D eigenvalue weighted by atomic mass is 9.92. The summed E-state index contributed by atoms with van der Waals surface area (Å²) in [6.07, 6.45) is 0. The number of aromatic nitrogens is 2. The largest absolute Gasteiger partial charge is 0.329 e. The van der Waals surface area contributed by atoms with Crippen molar-refractivity contribution < 1.29 is 4.39 Å². The van der Waals surface area contributed by atoms with Crippen LogP contribution in [0, 0.1) is 5.82 Å². The Kier molecular flexibility index (Phi) is 3.15. The molecule has 2 N–H and O–H groups in total. The second-order valence-electron chi connectivity index (χ2n) is 5.62. The Balaban J connectivity index is 2.77. The Labute approximate surface area is 107 Å². The molecule has 18 heavy (non-hydrogen) atoms. The first-order chi connectivity index (χ1) is 8.36. The number of halogens is 1. The van der Waals surface area contributed by atoms with E-state index in [1.807, 2.05) is 0 Å². The summed E-state index contributed by atoms with van der Waals surface area (Å²) < 4.78 is 15.4. The summed E-state index contributed by atoms with van der Waals surface area (Å²) in [4.78, 5) is 4.58. The van der Waals surface area contributed by atoms with Gasteiger partial charge in [-0.05, 0) is 26.0 Å². The summed E-state index contributed by atoms with van der Waals surface area (Å²) >= 11 is 0. The molecule has 1 aromatic carbocycles. The fourth-order valence-electron chi connectivity index (χ4n) is 2.16. The number of rotatable bonds is 3. The molecule has 0 aliphatic rings. The van der Waals surface area contributed by atoms with Gasteiger partial charge < -0.3 is 10.3 Å². The van der Waals surface area contributed by atoms with E-state index in [4.69, 9.17) is 5.73 Å². The van der Waals surface area contributed by atoms with E-state index in [9.17, 15) is 4.39 Å². The predicted molar refractivity (Wildman–Crippen MR) is 72.2 cm³/mol. The molecule has 0 fully saturated rings. The van der Waals surface area contributed by atoms with Crippen LogP contribution in [0.15, 0.2) is 18.2 Å². The van der Waals surface area contributed by atoms with Gasteiger partial charge in [0.2, 0.25) is 0 Å². The number of benzene rings is 1. The number of imidazole rings is 1. The SMILES string of the molecule is CC(C)n1c(C(C)(C)CN)nc2cc(F)ccc21. The van der Waals surface area contributed by atoms with E-state index in [2.05, 4.69) is 37.2 Å². The van der Waals surface area contributed by atoms with Gasteiger partial charge in [0.15, 0.2) is 0 Å². The van der Waals surface area contributed by atoms with Crippen LogP contribution in [0.5, 0.6) is 0 Å². The highest BCUT2D eigenvalue weighted by Gasteiger charge is 2.27. The molecule has 2 aromatic rings. The Morgan fingerprint density at radius 1 is 1.39 bits per heavy atom. The molecular weight excluding hydrogens is 229 g/mol. The van der Waals surface area contributed by atoms with E-state index in [-0.39, 0.29) is 17.3 Å². The smallest absolute Gasteiger partial charge is 0.125 e. The van der Waals surface area contributed by atoms with Gasteiger partial charge in [-0.2, -0.15) is 0 Å². The number of nitrogens with two attached hydrogens (primary N) is 1. The van der Waals surface area contributed by atoms with E-state index < -0.39 is 0 Å². The lowest BCUT2D eigenvalue weighted by molar-refractivity contribution is 0.451. The van der Waals surface area contributed by atoms with Crippen LogP contribution >= 0.6 is 0 Å². The van der Waals surface area contributed by atoms with Crippen molar-refractivity contribution in [1.29, 1.82) is 0 Å². The Hall–Kier alpha value is -1.42. The molecule has 0 spiro atoms. The number of fused-ring (bicyclic) bond motifs is 1. The van der Waals surface area contributed by atoms with Crippen molar-refractivity contribution in [1.82, 2.24) is 9.55 Å². The molecule has 0 atom stereocenters. The molecule has 4 heteroatoms. The molecule has 0 unspecified atom stereocenters. The molecule has 98 valence electrons. The summed E-state index contributed by atoms with van der Waals surface area (Å²) in [5.74, 6) is 0.661. The highest BCUT2D eigenvalue weighted by Crippen LogP contribution is 2.29. The van der Waals surface area contributed by atoms with E-state index in [1.54, 1.807) is 6.07 Å². The topological polar surface area (TPSA) is 43.8 Å². The quantitative estimate of drug-likeness (QED) is 0.908. The molecule has 0 radical (unpaired) electrons. The summed E-state index contributed by atoms with van der Waals surface area (Å²) in [5, 5.41) is 0. The highest BCUT2D eigenvalue weighted by molar-refractivity contribution is 5.76. The molecule has 1 heterocycles. The van der Waals surface area contributed by atoms with Crippen molar-refractivity contribution >= 4 is 11.0 Å². The minimum absolute atomic E-state index is 0.222. The third-order valence-corrected chi connectivity index (χ3v) is 3.28. The van der Waals surface area contributed by atoms with E-state index in [0.29, 0.717) is 12.1 Å². The van der Waals surface area contributed by atoms with Gasteiger partial charge in [0.1, 0.15) is 11.6 Å². The molecule has 2 rings (SSSR count). The Bertz CT molecular complexity index is 570. The van der Waals surface area contributed by atoms with Crippen LogP contribution in [0.25, 0.3) is 11.0 Å². The fraction of sp³-hybridized carbons (Fsp3) is 0.500.